The second-order valence-corrected chi connectivity index (χ2v) is 6.33. The van der Waals surface area contributed by atoms with Crippen molar-refractivity contribution in [2.24, 2.45) is 11.8 Å². The first-order valence-electron chi connectivity index (χ1n) is 7.99. The van der Waals surface area contributed by atoms with E-state index in [9.17, 15) is 20.1 Å². The molecule has 0 spiro atoms. The maximum Gasteiger partial charge on any atom is 0.168 e. The van der Waals surface area contributed by atoms with Crippen LogP contribution in [0.1, 0.15) is 24.2 Å². The van der Waals surface area contributed by atoms with Gasteiger partial charge < -0.3 is 20.1 Å². The van der Waals surface area contributed by atoms with Crippen molar-refractivity contribution in [2.75, 3.05) is 13.2 Å². The van der Waals surface area contributed by atoms with Gasteiger partial charge in [-0.2, -0.15) is 0 Å². The van der Waals surface area contributed by atoms with Crippen molar-refractivity contribution in [3.8, 4) is 5.75 Å². The van der Waals surface area contributed by atoms with Crippen LogP contribution in [0, 0.1) is 11.8 Å². The van der Waals surface area contributed by atoms with Gasteiger partial charge in [0.1, 0.15) is 12.4 Å². The van der Waals surface area contributed by atoms with Gasteiger partial charge in [0.25, 0.3) is 0 Å². The second kappa shape index (κ2) is 7.75. The molecule has 0 amide bonds. The molecule has 0 radical (unpaired) electrons. The van der Waals surface area contributed by atoms with E-state index in [1.165, 1.54) is 0 Å². The molecule has 1 aliphatic rings. The lowest BCUT2D eigenvalue weighted by Gasteiger charge is -2.34. The Morgan fingerprint density at radius 2 is 1.96 bits per heavy atom. The van der Waals surface area contributed by atoms with Crippen molar-refractivity contribution in [2.45, 2.75) is 25.6 Å². The van der Waals surface area contributed by atoms with Crippen LogP contribution in [0.5, 0.6) is 5.75 Å². The van der Waals surface area contributed by atoms with E-state index in [1.807, 2.05) is 0 Å². The zero-order chi connectivity index (χ0) is 17.7. The summed E-state index contributed by atoms with van der Waals surface area (Å²) < 4.78 is 5.37. The lowest BCUT2D eigenvalue weighted by molar-refractivity contribution is 0.0223. The van der Waals surface area contributed by atoms with Crippen molar-refractivity contribution in [1.82, 2.24) is 0 Å². The molecule has 0 aromatic heterocycles. The predicted molar refractivity (Wildman–Crippen MR) is 90.9 cm³/mol. The largest absolute Gasteiger partial charge is 0.491 e. The van der Waals surface area contributed by atoms with Crippen molar-refractivity contribution in [3.63, 3.8) is 0 Å². The van der Waals surface area contributed by atoms with E-state index in [1.54, 1.807) is 62.4 Å². The smallest absolute Gasteiger partial charge is 0.168 e. The molecule has 0 aliphatic heterocycles. The summed E-state index contributed by atoms with van der Waals surface area (Å²) in [5.41, 5.74) is -0.741. The molecule has 5 nitrogen and oxygen atoms in total. The molecule has 1 aliphatic carbocycles. The van der Waals surface area contributed by atoms with Crippen LogP contribution in [-0.2, 0) is 0 Å². The first kappa shape index (κ1) is 18.4. The van der Waals surface area contributed by atoms with E-state index in [2.05, 4.69) is 0 Å². The average molecular weight is 332 g/mol. The molecule has 130 valence electrons. The fraction of sp³-hybridized carbons (Fsp3) is 0.421. The van der Waals surface area contributed by atoms with E-state index in [0.29, 0.717) is 11.3 Å². The Labute approximate surface area is 141 Å². The van der Waals surface area contributed by atoms with Crippen molar-refractivity contribution < 1.29 is 24.9 Å². The summed E-state index contributed by atoms with van der Waals surface area (Å²) in [6, 6.07) is 6.55. The van der Waals surface area contributed by atoms with Gasteiger partial charge in [-0.3, -0.25) is 4.79 Å². The summed E-state index contributed by atoms with van der Waals surface area (Å²) in [6.07, 6.45) is 6.30. The monoisotopic (exact) mass is 332 g/mol. The number of ketones is 1. The average Bonchev–Trinajstić information content (AvgIpc) is 2.55. The minimum atomic E-state index is -1.18. The molecule has 0 fully saturated rings. The van der Waals surface area contributed by atoms with Gasteiger partial charge in [0.05, 0.1) is 24.2 Å². The molecule has 0 saturated heterocycles. The molecule has 5 heteroatoms. The third-order valence-corrected chi connectivity index (χ3v) is 4.14. The summed E-state index contributed by atoms with van der Waals surface area (Å²) >= 11 is 0. The van der Waals surface area contributed by atoms with Gasteiger partial charge >= 0.3 is 0 Å². The number of Topliss-reactive ketones (excluding diaryl/α,β-unsaturated/α-hetero) is 1. The summed E-state index contributed by atoms with van der Waals surface area (Å²) in [6.45, 7) is 3.08. The Balaban J connectivity index is 2.14. The number of ether oxygens (including phenoxy) is 1. The number of hydrogen-bond acceptors (Lipinski definition) is 5. The maximum atomic E-state index is 12.7. The third kappa shape index (κ3) is 4.32. The molecule has 4 unspecified atom stereocenters. The van der Waals surface area contributed by atoms with E-state index < -0.39 is 23.5 Å². The number of aliphatic hydroxyl groups excluding tert-OH is 2. The Kier molecular flexibility index (Phi) is 5.94. The van der Waals surface area contributed by atoms with Gasteiger partial charge in [0, 0.05) is 11.5 Å². The van der Waals surface area contributed by atoms with E-state index >= 15 is 0 Å². The lowest BCUT2D eigenvalue weighted by atomic mass is 9.74. The van der Waals surface area contributed by atoms with E-state index in [-0.39, 0.29) is 19.0 Å². The third-order valence-electron chi connectivity index (χ3n) is 4.14. The van der Waals surface area contributed by atoms with Crippen LogP contribution in [-0.4, -0.2) is 46.0 Å². The highest BCUT2D eigenvalue weighted by molar-refractivity contribution is 5.98. The molecule has 0 heterocycles. The standard InChI is InChI=1S/C19H24O5/c1-13(21)12-24-15-8-6-14(7-9-15)18(22)16(11-20)17-5-3-4-10-19(17,2)23/h3-10,13,16-17,20-21,23H,11-12H2,1-2H3. The van der Waals surface area contributed by atoms with E-state index in [4.69, 9.17) is 4.74 Å². The Morgan fingerprint density at radius 3 is 2.50 bits per heavy atom. The molecule has 1 aromatic rings. The normalized spacial score (nSPS) is 25.3. The minimum Gasteiger partial charge on any atom is -0.491 e. The molecule has 24 heavy (non-hydrogen) atoms. The van der Waals surface area contributed by atoms with Gasteiger partial charge in [-0.25, -0.2) is 0 Å². The number of rotatable bonds is 7. The molecule has 3 N–H and O–H groups in total. The predicted octanol–water partition coefficient (Wildman–Crippen LogP) is 1.73. The summed E-state index contributed by atoms with van der Waals surface area (Å²) in [5.74, 6) is -0.901. The quantitative estimate of drug-likeness (QED) is 0.662. The molecular formula is C19H24O5. The second-order valence-electron chi connectivity index (χ2n) is 6.33. The highest BCUT2D eigenvalue weighted by atomic mass is 16.5. The Bertz CT molecular complexity index is 613. The number of carbonyl (C=O) groups is 1. The van der Waals surface area contributed by atoms with Crippen LogP contribution in [0.2, 0.25) is 0 Å². The topological polar surface area (TPSA) is 87.0 Å². The number of benzene rings is 1. The highest BCUT2D eigenvalue weighted by Crippen LogP contribution is 2.32. The lowest BCUT2D eigenvalue weighted by Crippen LogP contribution is -2.42. The van der Waals surface area contributed by atoms with Gasteiger partial charge in [0.15, 0.2) is 5.78 Å². The molecule has 2 rings (SSSR count). The van der Waals surface area contributed by atoms with Gasteiger partial charge in [-0.15, -0.1) is 0 Å². The van der Waals surface area contributed by atoms with Crippen LogP contribution < -0.4 is 4.74 Å². The van der Waals surface area contributed by atoms with Crippen molar-refractivity contribution >= 4 is 5.78 Å². The maximum absolute atomic E-state index is 12.7. The zero-order valence-corrected chi connectivity index (χ0v) is 13.9. The number of hydrogen-bond donors (Lipinski definition) is 3. The Hall–Kier alpha value is -1.95. The Morgan fingerprint density at radius 1 is 1.29 bits per heavy atom. The number of allylic oxidation sites excluding steroid dienone is 2. The number of carbonyl (C=O) groups excluding carboxylic acids is 1. The minimum absolute atomic E-state index is 0.175. The van der Waals surface area contributed by atoms with Crippen LogP contribution in [0.25, 0.3) is 0 Å². The van der Waals surface area contributed by atoms with Gasteiger partial charge in [-0.1, -0.05) is 24.3 Å². The SMILES string of the molecule is CC(O)COc1ccc(C(=O)C(CO)C2C=CC=CC2(C)O)cc1. The highest BCUT2D eigenvalue weighted by Gasteiger charge is 2.38. The molecular weight excluding hydrogens is 308 g/mol. The molecule has 0 bridgehead atoms. The first-order valence-corrected chi connectivity index (χ1v) is 7.99. The van der Waals surface area contributed by atoms with Crippen LogP contribution in [0.3, 0.4) is 0 Å². The van der Waals surface area contributed by atoms with Gasteiger partial charge in [0.2, 0.25) is 0 Å². The summed E-state index contributed by atoms with van der Waals surface area (Å²) in [5, 5.41) is 29.4. The van der Waals surface area contributed by atoms with Gasteiger partial charge in [-0.05, 0) is 38.1 Å². The summed E-state index contributed by atoms with van der Waals surface area (Å²) in [7, 11) is 0. The fourth-order valence-corrected chi connectivity index (χ4v) is 2.79. The molecule has 4 atom stereocenters. The summed E-state index contributed by atoms with van der Waals surface area (Å²) in [4.78, 5) is 12.7. The van der Waals surface area contributed by atoms with Crippen molar-refractivity contribution in [1.29, 1.82) is 0 Å². The molecule has 1 aromatic carbocycles. The number of aliphatic hydroxyl groups is 3. The molecule has 0 saturated carbocycles. The van der Waals surface area contributed by atoms with Crippen molar-refractivity contribution in [3.05, 3.63) is 54.1 Å². The van der Waals surface area contributed by atoms with Crippen LogP contribution in [0.4, 0.5) is 0 Å². The van der Waals surface area contributed by atoms with Crippen LogP contribution in [0.15, 0.2) is 48.6 Å². The first-order chi connectivity index (χ1) is 11.3. The fourth-order valence-electron chi connectivity index (χ4n) is 2.79. The van der Waals surface area contributed by atoms with Crippen LogP contribution >= 0.6 is 0 Å². The zero-order valence-electron chi connectivity index (χ0n) is 13.9. The van der Waals surface area contributed by atoms with E-state index in [0.717, 1.165) is 0 Å².